The summed E-state index contributed by atoms with van der Waals surface area (Å²) in [4.78, 5) is 14.2. The van der Waals surface area contributed by atoms with Gasteiger partial charge in [-0.1, -0.05) is 30.3 Å². The fourth-order valence-corrected chi connectivity index (χ4v) is 4.62. The summed E-state index contributed by atoms with van der Waals surface area (Å²) < 4.78 is 36.7. The molecule has 1 heterocycles. The summed E-state index contributed by atoms with van der Waals surface area (Å²) in [5, 5.41) is 2.80. The van der Waals surface area contributed by atoms with Crippen molar-refractivity contribution in [2.24, 2.45) is 0 Å². The predicted molar refractivity (Wildman–Crippen MR) is 94.5 cm³/mol. The molecule has 1 aliphatic rings. The van der Waals surface area contributed by atoms with Gasteiger partial charge < -0.3 is 10.2 Å². The molecule has 7 heteroatoms. The fourth-order valence-electron chi connectivity index (χ4n) is 2.89. The Bertz CT molecular complexity index is 838. The molecule has 2 aromatic rings. The van der Waals surface area contributed by atoms with Crippen molar-refractivity contribution in [3.63, 3.8) is 0 Å². The molecule has 0 saturated carbocycles. The highest BCUT2D eigenvalue weighted by Gasteiger charge is 2.34. The molecule has 2 amide bonds. The second-order valence-electron chi connectivity index (χ2n) is 6.11. The number of halogens is 1. The number of anilines is 1. The number of nitrogens with zero attached hydrogens (tertiary/aromatic N) is 1. The minimum absolute atomic E-state index is 0.0452. The molecule has 1 unspecified atom stereocenters. The number of amides is 2. The third-order valence-corrected chi connectivity index (χ3v) is 5.95. The summed E-state index contributed by atoms with van der Waals surface area (Å²) in [5.74, 6) is -0.320. The van der Waals surface area contributed by atoms with Gasteiger partial charge in [0.2, 0.25) is 0 Å². The summed E-state index contributed by atoms with van der Waals surface area (Å²) in [6, 6.07) is 14.1. The van der Waals surface area contributed by atoms with E-state index in [0.29, 0.717) is 12.1 Å². The molecule has 1 N–H and O–H groups in total. The number of urea groups is 1. The van der Waals surface area contributed by atoms with Gasteiger partial charge in [-0.05, 0) is 36.2 Å². The number of nitrogens with one attached hydrogen (secondary N) is 1. The quantitative estimate of drug-likeness (QED) is 0.909. The fraction of sp³-hybridized carbons (Fsp3) is 0.278. The zero-order valence-electron chi connectivity index (χ0n) is 13.6. The lowest BCUT2D eigenvalue weighted by molar-refractivity contribution is 0.190. The van der Waals surface area contributed by atoms with E-state index in [0.717, 1.165) is 5.56 Å². The molecule has 1 atom stereocenters. The van der Waals surface area contributed by atoms with Crippen LogP contribution in [0.25, 0.3) is 0 Å². The van der Waals surface area contributed by atoms with Gasteiger partial charge in [-0.25, -0.2) is 17.6 Å². The lowest BCUT2D eigenvalue weighted by atomic mass is 10.1. The van der Waals surface area contributed by atoms with Crippen LogP contribution < -0.4 is 5.32 Å². The summed E-state index contributed by atoms with van der Waals surface area (Å²) >= 11 is 0. The SMILES string of the molecule is O=C(Nc1ccccc1)N(Cc1ccc(F)cc1)C1CCS(=O)(=O)C1. The van der Waals surface area contributed by atoms with E-state index in [1.807, 2.05) is 6.07 Å². The number of sulfone groups is 1. The van der Waals surface area contributed by atoms with Crippen molar-refractivity contribution < 1.29 is 17.6 Å². The van der Waals surface area contributed by atoms with Crippen LogP contribution in [0.3, 0.4) is 0 Å². The van der Waals surface area contributed by atoms with Gasteiger partial charge in [-0.2, -0.15) is 0 Å². The number of rotatable bonds is 4. The molecule has 3 rings (SSSR count). The molecular formula is C18H19FN2O3S. The molecule has 2 aromatic carbocycles. The summed E-state index contributed by atoms with van der Waals surface area (Å²) in [7, 11) is -3.13. The first-order valence-electron chi connectivity index (χ1n) is 8.00. The molecule has 0 spiro atoms. The average molecular weight is 362 g/mol. The maximum atomic E-state index is 13.1. The summed E-state index contributed by atoms with van der Waals surface area (Å²) in [5.41, 5.74) is 1.38. The third-order valence-electron chi connectivity index (χ3n) is 4.20. The van der Waals surface area contributed by atoms with Crippen LogP contribution in [0.1, 0.15) is 12.0 Å². The van der Waals surface area contributed by atoms with Crippen LogP contribution in [-0.2, 0) is 16.4 Å². The molecule has 1 fully saturated rings. The Kier molecular flexibility index (Phi) is 5.03. The molecule has 0 aliphatic carbocycles. The zero-order chi connectivity index (χ0) is 17.9. The highest BCUT2D eigenvalue weighted by Crippen LogP contribution is 2.21. The van der Waals surface area contributed by atoms with Gasteiger partial charge in [0.15, 0.2) is 9.84 Å². The Morgan fingerprint density at radius 2 is 1.80 bits per heavy atom. The van der Waals surface area contributed by atoms with Gasteiger partial charge in [0, 0.05) is 18.3 Å². The van der Waals surface area contributed by atoms with Gasteiger partial charge in [-0.3, -0.25) is 0 Å². The second kappa shape index (κ2) is 7.23. The molecule has 0 aromatic heterocycles. The first-order chi connectivity index (χ1) is 11.9. The van der Waals surface area contributed by atoms with Crippen molar-refractivity contribution in [1.82, 2.24) is 4.90 Å². The minimum Gasteiger partial charge on any atom is -0.316 e. The van der Waals surface area contributed by atoms with Gasteiger partial charge in [-0.15, -0.1) is 0 Å². The molecule has 0 bridgehead atoms. The Balaban J connectivity index is 1.80. The monoisotopic (exact) mass is 362 g/mol. The number of carbonyl (C=O) groups excluding carboxylic acids is 1. The molecule has 5 nitrogen and oxygen atoms in total. The van der Waals surface area contributed by atoms with Crippen LogP contribution in [0.2, 0.25) is 0 Å². The van der Waals surface area contributed by atoms with E-state index in [1.54, 1.807) is 36.4 Å². The van der Waals surface area contributed by atoms with Crippen molar-refractivity contribution in [3.05, 3.63) is 66.0 Å². The Morgan fingerprint density at radius 1 is 1.12 bits per heavy atom. The molecular weight excluding hydrogens is 343 g/mol. The smallest absolute Gasteiger partial charge is 0.316 e. The number of hydrogen-bond acceptors (Lipinski definition) is 3. The van der Waals surface area contributed by atoms with Crippen molar-refractivity contribution in [1.29, 1.82) is 0 Å². The van der Waals surface area contributed by atoms with Gasteiger partial charge in [0.1, 0.15) is 5.82 Å². The Morgan fingerprint density at radius 3 is 2.40 bits per heavy atom. The van der Waals surface area contributed by atoms with Gasteiger partial charge >= 0.3 is 6.03 Å². The van der Waals surface area contributed by atoms with E-state index in [-0.39, 0.29) is 29.9 Å². The van der Waals surface area contributed by atoms with Crippen LogP contribution in [0.4, 0.5) is 14.9 Å². The van der Waals surface area contributed by atoms with Crippen molar-refractivity contribution >= 4 is 21.6 Å². The van der Waals surface area contributed by atoms with Gasteiger partial charge in [0.25, 0.3) is 0 Å². The third kappa shape index (κ3) is 4.57. The van der Waals surface area contributed by atoms with Crippen LogP contribution in [-0.4, -0.2) is 36.9 Å². The second-order valence-corrected chi connectivity index (χ2v) is 8.34. The molecule has 132 valence electrons. The van der Waals surface area contributed by atoms with E-state index < -0.39 is 15.9 Å². The zero-order valence-corrected chi connectivity index (χ0v) is 14.4. The standard InChI is InChI=1S/C18H19FN2O3S/c19-15-8-6-14(7-9-15)12-21(17-10-11-25(23,24)13-17)18(22)20-16-4-2-1-3-5-16/h1-9,17H,10-13H2,(H,20,22). The highest BCUT2D eigenvalue weighted by molar-refractivity contribution is 7.91. The topological polar surface area (TPSA) is 66.5 Å². The normalized spacial score (nSPS) is 18.7. The Hall–Kier alpha value is -2.41. The predicted octanol–water partition coefficient (Wildman–Crippen LogP) is 3.05. The van der Waals surface area contributed by atoms with Crippen molar-refractivity contribution in [2.75, 3.05) is 16.8 Å². The summed E-state index contributed by atoms with van der Waals surface area (Å²) in [6.07, 6.45) is 0.408. The minimum atomic E-state index is -3.13. The van der Waals surface area contributed by atoms with Crippen LogP contribution in [0, 0.1) is 5.82 Å². The highest BCUT2D eigenvalue weighted by atomic mass is 32.2. The van der Waals surface area contributed by atoms with E-state index in [2.05, 4.69) is 5.32 Å². The van der Waals surface area contributed by atoms with E-state index in [4.69, 9.17) is 0 Å². The average Bonchev–Trinajstić information content (AvgIpc) is 2.95. The number of carbonyl (C=O) groups is 1. The first-order valence-corrected chi connectivity index (χ1v) is 9.83. The van der Waals surface area contributed by atoms with Crippen LogP contribution >= 0.6 is 0 Å². The molecule has 1 aliphatic heterocycles. The van der Waals surface area contributed by atoms with E-state index in [9.17, 15) is 17.6 Å². The number of benzene rings is 2. The maximum absolute atomic E-state index is 13.1. The largest absolute Gasteiger partial charge is 0.322 e. The number of para-hydroxylation sites is 1. The number of hydrogen-bond donors (Lipinski definition) is 1. The lowest BCUT2D eigenvalue weighted by Crippen LogP contribution is -2.43. The van der Waals surface area contributed by atoms with Gasteiger partial charge in [0.05, 0.1) is 11.5 Å². The van der Waals surface area contributed by atoms with Crippen molar-refractivity contribution in [3.8, 4) is 0 Å². The van der Waals surface area contributed by atoms with E-state index in [1.165, 1.54) is 17.0 Å². The van der Waals surface area contributed by atoms with E-state index >= 15 is 0 Å². The molecule has 1 saturated heterocycles. The lowest BCUT2D eigenvalue weighted by Gasteiger charge is -2.28. The van der Waals surface area contributed by atoms with Crippen molar-refractivity contribution in [2.45, 2.75) is 19.0 Å². The summed E-state index contributed by atoms with van der Waals surface area (Å²) in [6.45, 7) is 0.221. The van der Waals surface area contributed by atoms with Crippen LogP contribution in [0.5, 0.6) is 0 Å². The molecule has 0 radical (unpaired) electrons. The maximum Gasteiger partial charge on any atom is 0.322 e. The van der Waals surface area contributed by atoms with Crippen LogP contribution in [0.15, 0.2) is 54.6 Å². The molecule has 25 heavy (non-hydrogen) atoms. The Labute approximate surface area is 146 Å². The first kappa shape index (κ1) is 17.4.